The van der Waals surface area contributed by atoms with Crippen LogP contribution in [0, 0.1) is 5.92 Å². The minimum absolute atomic E-state index is 0.177. The van der Waals surface area contributed by atoms with Gasteiger partial charge in [0.15, 0.2) is 0 Å². The van der Waals surface area contributed by atoms with Gasteiger partial charge in [-0.25, -0.2) is 0 Å². The Morgan fingerprint density at radius 3 is 2.85 bits per heavy atom. The molecule has 0 amide bonds. The second-order valence-electron chi connectivity index (χ2n) is 3.34. The van der Waals surface area contributed by atoms with Crippen LogP contribution in [-0.2, 0) is 4.79 Å². The van der Waals surface area contributed by atoms with E-state index in [-0.39, 0.29) is 11.8 Å². The van der Waals surface area contributed by atoms with Crippen molar-refractivity contribution >= 4 is 17.6 Å². The lowest BCUT2D eigenvalue weighted by Gasteiger charge is -1.98. The van der Waals surface area contributed by atoms with Gasteiger partial charge in [0.2, 0.25) is 0 Å². The highest BCUT2D eigenvalue weighted by Crippen LogP contribution is 2.47. The normalized spacial score (nSPS) is 25.6. The van der Waals surface area contributed by atoms with Gasteiger partial charge in [-0.3, -0.25) is 4.79 Å². The molecule has 0 unspecified atom stereocenters. The highest BCUT2D eigenvalue weighted by Gasteiger charge is 2.44. The second-order valence-corrected chi connectivity index (χ2v) is 3.78. The summed E-state index contributed by atoms with van der Waals surface area (Å²) in [5.41, 5.74) is 1.04. The summed E-state index contributed by atoms with van der Waals surface area (Å²) in [5.74, 6) is -0.723. The molecule has 0 saturated heterocycles. The first-order valence-corrected chi connectivity index (χ1v) is 4.54. The maximum absolute atomic E-state index is 10.6. The summed E-state index contributed by atoms with van der Waals surface area (Å²) in [6, 6.07) is 7.42. The zero-order chi connectivity index (χ0) is 9.42. The number of halogens is 1. The maximum Gasteiger partial charge on any atom is 0.307 e. The van der Waals surface area contributed by atoms with Crippen LogP contribution in [0.3, 0.4) is 0 Å². The van der Waals surface area contributed by atoms with Gasteiger partial charge in [-0.1, -0.05) is 23.7 Å². The van der Waals surface area contributed by atoms with Gasteiger partial charge in [0, 0.05) is 5.02 Å². The highest BCUT2D eigenvalue weighted by molar-refractivity contribution is 6.30. The Balaban J connectivity index is 2.16. The number of aliphatic carboxylic acids is 1. The van der Waals surface area contributed by atoms with Crippen molar-refractivity contribution in [2.75, 3.05) is 0 Å². The molecule has 13 heavy (non-hydrogen) atoms. The molecule has 0 aromatic heterocycles. The Bertz CT molecular complexity index is 349. The quantitative estimate of drug-likeness (QED) is 0.789. The predicted molar refractivity (Wildman–Crippen MR) is 49.9 cm³/mol. The molecule has 2 nitrogen and oxygen atoms in total. The minimum Gasteiger partial charge on any atom is -0.481 e. The van der Waals surface area contributed by atoms with Gasteiger partial charge in [0.25, 0.3) is 0 Å². The van der Waals surface area contributed by atoms with Gasteiger partial charge in [0.05, 0.1) is 5.92 Å². The van der Waals surface area contributed by atoms with Gasteiger partial charge < -0.3 is 5.11 Å². The lowest BCUT2D eigenvalue weighted by molar-refractivity contribution is -0.138. The van der Waals surface area contributed by atoms with E-state index in [0.717, 1.165) is 12.0 Å². The van der Waals surface area contributed by atoms with E-state index in [9.17, 15) is 4.79 Å². The number of carboxylic acids is 1. The summed E-state index contributed by atoms with van der Waals surface area (Å²) in [5, 5.41) is 9.40. The standard InChI is InChI=1S/C10H9ClO2/c11-7-3-1-2-6(4-7)8-5-9(8)10(12)13/h1-4,8-9H,5H2,(H,12,13)/t8-,9-/m1/s1. The van der Waals surface area contributed by atoms with Gasteiger partial charge >= 0.3 is 5.97 Å². The third kappa shape index (κ3) is 1.68. The average Bonchev–Trinajstić information content (AvgIpc) is 2.82. The van der Waals surface area contributed by atoms with Crippen LogP contribution in [0.1, 0.15) is 17.9 Å². The third-order valence-corrected chi connectivity index (χ3v) is 2.62. The summed E-state index contributed by atoms with van der Waals surface area (Å²) in [4.78, 5) is 10.6. The SMILES string of the molecule is O=C(O)[C@@H]1C[C@@H]1c1cccc(Cl)c1. The molecule has 1 aliphatic carbocycles. The summed E-state index contributed by atoms with van der Waals surface area (Å²) < 4.78 is 0. The second kappa shape index (κ2) is 3.04. The largest absolute Gasteiger partial charge is 0.481 e. The molecule has 0 aliphatic heterocycles. The lowest BCUT2D eigenvalue weighted by atomic mass is 10.1. The molecule has 1 fully saturated rings. The first-order valence-electron chi connectivity index (χ1n) is 4.17. The zero-order valence-corrected chi connectivity index (χ0v) is 7.66. The fourth-order valence-corrected chi connectivity index (χ4v) is 1.77. The molecule has 2 rings (SSSR count). The molecule has 2 atom stereocenters. The Kier molecular flexibility index (Phi) is 2.00. The monoisotopic (exact) mass is 196 g/mol. The summed E-state index contributed by atoms with van der Waals surface area (Å²) in [6.45, 7) is 0. The van der Waals surface area contributed by atoms with Crippen LogP contribution in [0.5, 0.6) is 0 Å². The Morgan fingerprint density at radius 1 is 1.54 bits per heavy atom. The number of benzene rings is 1. The van der Waals surface area contributed by atoms with E-state index in [1.807, 2.05) is 18.2 Å². The van der Waals surface area contributed by atoms with Crippen molar-refractivity contribution in [3.05, 3.63) is 34.9 Å². The molecule has 3 heteroatoms. The molecular weight excluding hydrogens is 188 g/mol. The number of carbonyl (C=O) groups is 1. The topological polar surface area (TPSA) is 37.3 Å². The average molecular weight is 197 g/mol. The van der Waals surface area contributed by atoms with Crippen LogP contribution < -0.4 is 0 Å². The number of carboxylic acid groups (broad SMARTS) is 1. The van der Waals surface area contributed by atoms with Crippen LogP contribution >= 0.6 is 11.6 Å². The first-order chi connectivity index (χ1) is 6.18. The van der Waals surface area contributed by atoms with Gasteiger partial charge in [-0.05, 0) is 30.0 Å². The number of hydrogen-bond donors (Lipinski definition) is 1. The number of hydrogen-bond acceptors (Lipinski definition) is 1. The van der Waals surface area contributed by atoms with E-state index in [1.54, 1.807) is 6.07 Å². The van der Waals surface area contributed by atoms with Gasteiger partial charge in [-0.15, -0.1) is 0 Å². The third-order valence-electron chi connectivity index (χ3n) is 2.38. The molecular formula is C10H9ClO2. The zero-order valence-electron chi connectivity index (χ0n) is 6.90. The molecule has 68 valence electrons. The van der Waals surface area contributed by atoms with Crippen LogP contribution in [0.4, 0.5) is 0 Å². The fourth-order valence-electron chi connectivity index (χ4n) is 1.57. The minimum atomic E-state index is -0.704. The first kappa shape index (κ1) is 8.57. The van der Waals surface area contributed by atoms with Crippen LogP contribution in [0.15, 0.2) is 24.3 Å². The smallest absolute Gasteiger partial charge is 0.307 e. The molecule has 0 radical (unpaired) electrons. The summed E-state index contributed by atoms with van der Waals surface area (Å²) >= 11 is 5.80. The Labute approximate surface area is 81.1 Å². The molecule has 1 aliphatic rings. The summed E-state index contributed by atoms with van der Waals surface area (Å²) in [6.07, 6.45) is 0.746. The number of rotatable bonds is 2. The molecule has 0 bridgehead atoms. The van der Waals surface area contributed by atoms with Gasteiger partial charge in [-0.2, -0.15) is 0 Å². The molecule has 1 aromatic rings. The van der Waals surface area contributed by atoms with E-state index >= 15 is 0 Å². The molecule has 0 heterocycles. The molecule has 1 N–H and O–H groups in total. The van der Waals surface area contributed by atoms with Crippen molar-refractivity contribution in [2.24, 2.45) is 5.92 Å². The van der Waals surface area contributed by atoms with Crippen LogP contribution in [0.25, 0.3) is 0 Å². The van der Waals surface area contributed by atoms with E-state index in [0.29, 0.717) is 5.02 Å². The Hall–Kier alpha value is -1.02. The van der Waals surface area contributed by atoms with Crippen LogP contribution in [-0.4, -0.2) is 11.1 Å². The highest BCUT2D eigenvalue weighted by atomic mass is 35.5. The van der Waals surface area contributed by atoms with Crippen molar-refractivity contribution in [1.82, 2.24) is 0 Å². The van der Waals surface area contributed by atoms with Crippen molar-refractivity contribution in [3.63, 3.8) is 0 Å². The van der Waals surface area contributed by atoms with Crippen molar-refractivity contribution in [3.8, 4) is 0 Å². The fraction of sp³-hybridized carbons (Fsp3) is 0.300. The van der Waals surface area contributed by atoms with Gasteiger partial charge in [0.1, 0.15) is 0 Å². The van der Waals surface area contributed by atoms with Crippen molar-refractivity contribution < 1.29 is 9.90 Å². The van der Waals surface area contributed by atoms with E-state index in [4.69, 9.17) is 16.7 Å². The maximum atomic E-state index is 10.6. The predicted octanol–water partition coefficient (Wildman–Crippen LogP) is 2.53. The van der Waals surface area contributed by atoms with Crippen molar-refractivity contribution in [2.45, 2.75) is 12.3 Å². The molecule has 1 aromatic carbocycles. The van der Waals surface area contributed by atoms with E-state index in [1.165, 1.54) is 0 Å². The van der Waals surface area contributed by atoms with Crippen molar-refractivity contribution in [1.29, 1.82) is 0 Å². The van der Waals surface area contributed by atoms with E-state index < -0.39 is 5.97 Å². The molecule has 1 saturated carbocycles. The Morgan fingerprint density at radius 2 is 2.31 bits per heavy atom. The lowest BCUT2D eigenvalue weighted by Crippen LogP contribution is -1.98. The molecule has 0 spiro atoms. The van der Waals surface area contributed by atoms with E-state index in [2.05, 4.69) is 0 Å². The van der Waals surface area contributed by atoms with Crippen LogP contribution in [0.2, 0.25) is 5.02 Å². The summed E-state index contributed by atoms with van der Waals surface area (Å²) in [7, 11) is 0.